The molecule has 1 aliphatic heterocycles. The van der Waals surface area contributed by atoms with Crippen LogP contribution in [-0.4, -0.2) is 42.7 Å². The second-order valence-corrected chi connectivity index (χ2v) is 7.87. The summed E-state index contributed by atoms with van der Waals surface area (Å²) in [7, 11) is -4.04. The van der Waals surface area contributed by atoms with Gasteiger partial charge in [0.15, 0.2) is 0 Å². The van der Waals surface area contributed by atoms with E-state index in [0.717, 1.165) is 16.4 Å². The normalized spacial score (nSPS) is 16.4. The predicted octanol–water partition coefficient (Wildman–Crippen LogP) is 1.94. The van der Waals surface area contributed by atoms with Crippen molar-refractivity contribution in [3.8, 4) is 0 Å². The molecule has 2 heterocycles. The zero-order valence-corrected chi connectivity index (χ0v) is 14.5. The van der Waals surface area contributed by atoms with Gasteiger partial charge in [0.2, 0.25) is 10.0 Å². The van der Waals surface area contributed by atoms with Gasteiger partial charge in [-0.2, -0.15) is 4.31 Å². The van der Waals surface area contributed by atoms with Crippen molar-refractivity contribution in [3.05, 3.63) is 59.9 Å². The minimum Gasteiger partial charge on any atom is -0.349 e. The first-order chi connectivity index (χ1) is 12.4. The molecule has 26 heavy (non-hydrogen) atoms. The number of halogens is 2. The van der Waals surface area contributed by atoms with Gasteiger partial charge in [0.05, 0.1) is 5.56 Å². The van der Waals surface area contributed by atoms with Gasteiger partial charge in [0, 0.05) is 37.6 Å². The molecule has 1 aromatic heterocycles. The van der Waals surface area contributed by atoms with Crippen molar-refractivity contribution in [3.63, 3.8) is 0 Å². The van der Waals surface area contributed by atoms with Crippen LogP contribution in [0.2, 0.25) is 0 Å². The summed E-state index contributed by atoms with van der Waals surface area (Å²) >= 11 is 0. The van der Waals surface area contributed by atoms with Gasteiger partial charge in [0.1, 0.15) is 16.5 Å². The van der Waals surface area contributed by atoms with Gasteiger partial charge in [-0.3, -0.25) is 9.78 Å². The van der Waals surface area contributed by atoms with E-state index in [1.165, 1.54) is 6.20 Å². The summed E-state index contributed by atoms with van der Waals surface area (Å²) in [5, 5.41) is 2.84. The van der Waals surface area contributed by atoms with Crippen molar-refractivity contribution in [2.75, 3.05) is 13.1 Å². The van der Waals surface area contributed by atoms with E-state index in [1.54, 1.807) is 18.3 Å². The molecule has 1 fully saturated rings. The number of nitrogens with zero attached hydrogens (tertiary/aromatic N) is 2. The molecule has 0 aliphatic carbocycles. The van der Waals surface area contributed by atoms with Gasteiger partial charge in [-0.25, -0.2) is 17.2 Å². The summed E-state index contributed by atoms with van der Waals surface area (Å²) < 4.78 is 53.1. The molecule has 1 aliphatic rings. The Kier molecular flexibility index (Phi) is 5.28. The first-order valence-electron chi connectivity index (χ1n) is 8.04. The molecule has 3 rings (SSSR count). The van der Waals surface area contributed by atoms with E-state index in [4.69, 9.17) is 0 Å². The molecule has 0 saturated carbocycles. The van der Waals surface area contributed by atoms with Crippen LogP contribution in [0.25, 0.3) is 0 Å². The fraction of sp³-hybridized carbons (Fsp3) is 0.294. The van der Waals surface area contributed by atoms with Gasteiger partial charge >= 0.3 is 0 Å². The number of hydrogen-bond acceptors (Lipinski definition) is 4. The minimum atomic E-state index is -4.04. The zero-order chi connectivity index (χ0) is 18.7. The molecular weight excluding hydrogens is 364 g/mol. The highest BCUT2D eigenvalue weighted by molar-refractivity contribution is 7.89. The Balaban J connectivity index is 1.63. The number of nitrogens with one attached hydrogen (secondary N) is 1. The second kappa shape index (κ2) is 7.46. The third kappa shape index (κ3) is 3.88. The zero-order valence-electron chi connectivity index (χ0n) is 13.7. The van der Waals surface area contributed by atoms with E-state index in [-0.39, 0.29) is 25.0 Å². The average Bonchev–Trinajstić information content (AvgIpc) is 2.62. The Morgan fingerprint density at radius 3 is 2.54 bits per heavy atom. The van der Waals surface area contributed by atoms with Crippen LogP contribution in [0.5, 0.6) is 0 Å². The second-order valence-electron chi connectivity index (χ2n) is 5.97. The van der Waals surface area contributed by atoms with E-state index >= 15 is 0 Å². The highest BCUT2D eigenvalue weighted by Gasteiger charge is 2.32. The number of sulfonamides is 1. The highest BCUT2D eigenvalue weighted by atomic mass is 32.2. The van der Waals surface area contributed by atoms with E-state index in [9.17, 15) is 22.0 Å². The topological polar surface area (TPSA) is 79.4 Å². The molecule has 1 saturated heterocycles. The highest BCUT2D eigenvalue weighted by Crippen LogP contribution is 2.23. The van der Waals surface area contributed by atoms with Crippen molar-refractivity contribution in [1.82, 2.24) is 14.6 Å². The maximum atomic E-state index is 13.8. The lowest BCUT2D eigenvalue weighted by molar-refractivity contribution is 0.0923. The van der Waals surface area contributed by atoms with Crippen LogP contribution in [-0.2, 0) is 10.0 Å². The quantitative estimate of drug-likeness (QED) is 0.878. The molecule has 0 unspecified atom stereocenters. The van der Waals surface area contributed by atoms with Crippen LogP contribution in [0.4, 0.5) is 8.78 Å². The molecule has 0 bridgehead atoms. The molecule has 6 nitrogen and oxygen atoms in total. The van der Waals surface area contributed by atoms with E-state index in [0.29, 0.717) is 24.5 Å². The lowest BCUT2D eigenvalue weighted by atomic mass is 10.1. The summed E-state index contributed by atoms with van der Waals surface area (Å²) in [5.41, 5.74) is 0.427. The van der Waals surface area contributed by atoms with Gasteiger partial charge in [-0.05, 0) is 37.1 Å². The number of piperidine rings is 1. The van der Waals surface area contributed by atoms with Crippen molar-refractivity contribution in [1.29, 1.82) is 0 Å². The predicted molar refractivity (Wildman–Crippen MR) is 89.8 cm³/mol. The number of hydrogen-bond donors (Lipinski definition) is 1. The van der Waals surface area contributed by atoms with E-state index < -0.39 is 26.6 Å². The maximum Gasteiger partial charge on any atom is 0.253 e. The largest absolute Gasteiger partial charge is 0.349 e. The van der Waals surface area contributed by atoms with Crippen molar-refractivity contribution in [2.45, 2.75) is 23.8 Å². The lowest BCUT2D eigenvalue weighted by Gasteiger charge is -2.31. The standard InChI is InChI=1S/C17H17F2N3O3S/c18-13-3-4-16(15(19)10-13)26(24,25)22-8-5-14(6-9-22)21-17(23)12-2-1-7-20-11-12/h1-4,7,10-11,14H,5-6,8-9H2,(H,21,23). The molecular formula is C17H17F2N3O3S. The van der Waals surface area contributed by atoms with Crippen LogP contribution < -0.4 is 5.32 Å². The van der Waals surface area contributed by atoms with Gasteiger partial charge in [-0.15, -0.1) is 0 Å². The average molecular weight is 381 g/mol. The summed E-state index contributed by atoms with van der Waals surface area (Å²) in [6.45, 7) is 0.272. The smallest absolute Gasteiger partial charge is 0.253 e. The number of carbonyl (C=O) groups excluding carboxylic acids is 1. The van der Waals surface area contributed by atoms with Crippen molar-refractivity contribution >= 4 is 15.9 Å². The number of pyridine rings is 1. The minimum absolute atomic E-state index is 0.136. The van der Waals surface area contributed by atoms with Crippen LogP contribution in [0.15, 0.2) is 47.6 Å². The van der Waals surface area contributed by atoms with Crippen LogP contribution in [0.1, 0.15) is 23.2 Å². The van der Waals surface area contributed by atoms with Gasteiger partial charge in [0.25, 0.3) is 5.91 Å². The van der Waals surface area contributed by atoms with Crippen molar-refractivity contribution in [2.24, 2.45) is 0 Å². The first-order valence-corrected chi connectivity index (χ1v) is 9.48. The molecule has 9 heteroatoms. The monoisotopic (exact) mass is 381 g/mol. The lowest BCUT2D eigenvalue weighted by Crippen LogP contribution is -2.46. The fourth-order valence-corrected chi connectivity index (χ4v) is 4.34. The summed E-state index contributed by atoms with van der Waals surface area (Å²) in [6.07, 6.45) is 3.81. The Labute approximate surface area is 149 Å². The fourth-order valence-electron chi connectivity index (χ4n) is 2.83. The Bertz CT molecular complexity index is 899. The molecule has 138 valence electrons. The number of amides is 1. The molecule has 1 amide bonds. The Hall–Kier alpha value is -2.39. The Morgan fingerprint density at radius 1 is 1.19 bits per heavy atom. The number of aromatic nitrogens is 1. The number of carbonyl (C=O) groups is 1. The first kappa shape index (κ1) is 18.4. The third-order valence-corrected chi connectivity index (χ3v) is 6.16. The summed E-state index contributed by atoms with van der Waals surface area (Å²) in [6, 6.07) is 5.49. The molecule has 1 N–H and O–H groups in total. The van der Waals surface area contributed by atoms with Crippen molar-refractivity contribution < 1.29 is 22.0 Å². The molecule has 0 radical (unpaired) electrons. The van der Waals surface area contributed by atoms with Gasteiger partial charge < -0.3 is 5.32 Å². The van der Waals surface area contributed by atoms with Crippen LogP contribution in [0, 0.1) is 11.6 Å². The van der Waals surface area contributed by atoms with Crippen LogP contribution in [0.3, 0.4) is 0 Å². The van der Waals surface area contributed by atoms with E-state index in [2.05, 4.69) is 10.3 Å². The maximum absolute atomic E-state index is 13.8. The Morgan fingerprint density at radius 2 is 1.92 bits per heavy atom. The molecule has 0 spiro atoms. The molecule has 0 atom stereocenters. The third-order valence-electron chi connectivity index (χ3n) is 4.22. The van der Waals surface area contributed by atoms with Gasteiger partial charge in [-0.1, -0.05) is 0 Å². The van der Waals surface area contributed by atoms with Crippen LogP contribution >= 0.6 is 0 Å². The van der Waals surface area contributed by atoms with E-state index in [1.807, 2.05) is 0 Å². The number of rotatable bonds is 4. The molecule has 1 aromatic carbocycles. The summed E-state index contributed by atoms with van der Waals surface area (Å²) in [4.78, 5) is 15.5. The number of benzene rings is 1. The summed E-state index contributed by atoms with van der Waals surface area (Å²) in [5.74, 6) is -2.22. The SMILES string of the molecule is O=C(NC1CCN(S(=O)(=O)c2ccc(F)cc2F)CC1)c1cccnc1. The molecule has 2 aromatic rings.